The van der Waals surface area contributed by atoms with Gasteiger partial charge in [0.15, 0.2) is 0 Å². The van der Waals surface area contributed by atoms with Crippen LogP contribution in [0.4, 0.5) is 0 Å². The third-order valence-electron chi connectivity index (χ3n) is 7.17. The van der Waals surface area contributed by atoms with Crippen LogP contribution >= 0.6 is 0 Å². The molecule has 5 rings (SSSR count). The van der Waals surface area contributed by atoms with Crippen LogP contribution in [0.1, 0.15) is 42.0 Å². The van der Waals surface area contributed by atoms with Gasteiger partial charge in [-0.25, -0.2) is 0 Å². The van der Waals surface area contributed by atoms with E-state index in [9.17, 15) is 0 Å². The molecule has 0 amide bonds. The van der Waals surface area contributed by atoms with Crippen LogP contribution in [0.25, 0.3) is 0 Å². The Balaban J connectivity index is 1.90. The summed E-state index contributed by atoms with van der Waals surface area (Å²) in [5, 5.41) is 0.940. The summed E-state index contributed by atoms with van der Waals surface area (Å²) in [5.41, 5.74) is 3.37. The van der Waals surface area contributed by atoms with Crippen molar-refractivity contribution in [3.8, 4) is 0 Å². The van der Waals surface area contributed by atoms with Crippen LogP contribution < -0.4 is 5.19 Å². The zero-order chi connectivity index (χ0) is 27.7. The van der Waals surface area contributed by atoms with Gasteiger partial charge in [-0.15, -0.1) is 0 Å². The first kappa shape index (κ1) is 27.8. The van der Waals surface area contributed by atoms with E-state index in [4.69, 9.17) is 13.3 Å². The van der Waals surface area contributed by atoms with E-state index >= 15 is 0 Å². The molecule has 0 unspecified atom stereocenters. The van der Waals surface area contributed by atoms with E-state index in [2.05, 4.69) is 121 Å². The molecule has 0 aliphatic rings. The summed E-state index contributed by atoms with van der Waals surface area (Å²) in [7, 11) is -3.50. The van der Waals surface area contributed by atoms with Crippen molar-refractivity contribution >= 4 is 14.0 Å². The summed E-state index contributed by atoms with van der Waals surface area (Å²) >= 11 is 0. The summed E-state index contributed by atoms with van der Waals surface area (Å²) in [6.45, 7) is 4.93. The highest BCUT2D eigenvalue weighted by Gasteiger charge is 2.55. The topological polar surface area (TPSA) is 27.7 Å². The molecule has 0 heterocycles. The third-order valence-corrected chi connectivity index (χ3v) is 10.1. The zero-order valence-corrected chi connectivity index (χ0v) is 24.2. The van der Waals surface area contributed by atoms with Gasteiger partial charge in [-0.3, -0.25) is 0 Å². The molecule has 0 fully saturated rings. The molecule has 3 nitrogen and oxygen atoms in total. The van der Waals surface area contributed by atoms with Crippen molar-refractivity contribution in [2.24, 2.45) is 0 Å². The lowest BCUT2D eigenvalue weighted by atomic mass is 9.70. The molecule has 40 heavy (non-hydrogen) atoms. The van der Waals surface area contributed by atoms with Gasteiger partial charge in [-0.1, -0.05) is 152 Å². The Kier molecular flexibility index (Phi) is 9.04. The highest BCUT2D eigenvalue weighted by Crippen LogP contribution is 2.50. The molecule has 0 N–H and O–H groups in total. The lowest BCUT2D eigenvalue weighted by molar-refractivity contribution is -0.0100. The van der Waals surface area contributed by atoms with Crippen molar-refractivity contribution in [3.63, 3.8) is 0 Å². The monoisotopic (exact) mass is 544 g/mol. The molecule has 0 aliphatic carbocycles. The number of rotatable bonds is 12. The Morgan fingerprint density at radius 3 is 1.23 bits per heavy atom. The van der Waals surface area contributed by atoms with Crippen molar-refractivity contribution in [2.75, 3.05) is 13.2 Å². The minimum Gasteiger partial charge on any atom is -0.370 e. The minimum absolute atomic E-state index is 0.212. The van der Waals surface area contributed by atoms with Crippen LogP contribution in [0.3, 0.4) is 0 Å². The van der Waals surface area contributed by atoms with Gasteiger partial charge in [0.2, 0.25) is 0 Å². The Morgan fingerprint density at radius 2 is 0.850 bits per heavy atom. The maximum atomic E-state index is 7.73. The van der Waals surface area contributed by atoms with E-state index in [0.29, 0.717) is 13.2 Å². The molecule has 0 aromatic heterocycles. The second kappa shape index (κ2) is 13.0. The minimum atomic E-state index is -3.50. The summed E-state index contributed by atoms with van der Waals surface area (Å²) < 4.78 is 21.1. The average Bonchev–Trinajstić information content (AvgIpc) is 3.03. The Labute approximate surface area is 239 Å². The maximum absolute atomic E-state index is 7.73. The van der Waals surface area contributed by atoms with E-state index in [1.165, 1.54) is 0 Å². The predicted molar refractivity (Wildman–Crippen MR) is 165 cm³/mol. The first-order chi connectivity index (χ1) is 19.7. The van der Waals surface area contributed by atoms with E-state index < -0.39 is 14.4 Å². The fraction of sp³-hybridized carbons (Fsp3) is 0.167. The standard InChI is InChI=1S/C36H36O3Si/c1-3-37-40(38-4-2,34-28-18-9-19-29-34)39-36(32-24-14-7-15-25-32,33-26-16-8-17-27-33)35(30-20-10-5-11-21-30)31-22-12-6-13-23-31/h5-29,35H,3-4H2,1-2H3. The smallest absolute Gasteiger partial charge is 0.370 e. The van der Waals surface area contributed by atoms with Crippen molar-refractivity contribution < 1.29 is 13.3 Å². The van der Waals surface area contributed by atoms with E-state index in [0.717, 1.165) is 27.4 Å². The van der Waals surface area contributed by atoms with Crippen LogP contribution in [0, 0.1) is 0 Å². The van der Waals surface area contributed by atoms with Crippen LogP contribution in [0.2, 0.25) is 0 Å². The molecular weight excluding hydrogens is 508 g/mol. The lowest BCUT2D eigenvalue weighted by Gasteiger charge is -2.47. The van der Waals surface area contributed by atoms with E-state index in [1.807, 2.05) is 44.2 Å². The molecule has 0 saturated heterocycles. The number of hydrogen-bond donors (Lipinski definition) is 0. The van der Waals surface area contributed by atoms with Gasteiger partial charge in [0.25, 0.3) is 0 Å². The van der Waals surface area contributed by atoms with E-state index in [1.54, 1.807) is 0 Å². The highest BCUT2D eigenvalue weighted by atomic mass is 28.4. The predicted octanol–water partition coefficient (Wildman–Crippen LogP) is 7.70. The van der Waals surface area contributed by atoms with Gasteiger partial charge in [0, 0.05) is 24.3 Å². The Bertz CT molecular complexity index is 1340. The highest BCUT2D eigenvalue weighted by molar-refractivity contribution is 6.75. The Hall–Kier alpha value is -3.80. The Morgan fingerprint density at radius 1 is 0.500 bits per heavy atom. The van der Waals surface area contributed by atoms with Crippen LogP contribution in [-0.4, -0.2) is 22.0 Å². The van der Waals surface area contributed by atoms with Gasteiger partial charge in [0.05, 0.1) is 0 Å². The lowest BCUT2D eigenvalue weighted by Crippen LogP contribution is -2.62. The summed E-state index contributed by atoms with van der Waals surface area (Å²) in [4.78, 5) is 0. The van der Waals surface area contributed by atoms with E-state index in [-0.39, 0.29) is 5.92 Å². The second-order valence-corrected chi connectivity index (χ2v) is 12.1. The maximum Gasteiger partial charge on any atom is 0.538 e. The molecule has 5 aromatic carbocycles. The second-order valence-electron chi connectivity index (χ2n) is 9.61. The van der Waals surface area contributed by atoms with Gasteiger partial charge < -0.3 is 13.3 Å². The van der Waals surface area contributed by atoms with Crippen LogP contribution in [-0.2, 0) is 18.9 Å². The summed E-state index contributed by atoms with van der Waals surface area (Å²) in [6.07, 6.45) is 0. The van der Waals surface area contributed by atoms with Crippen LogP contribution in [0.5, 0.6) is 0 Å². The first-order valence-electron chi connectivity index (χ1n) is 14.0. The number of hydrogen-bond acceptors (Lipinski definition) is 3. The van der Waals surface area contributed by atoms with Gasteiger partial charge >= 0.3 is 8.80 Å². The SMILES string of the molecule is CCO[Si](OCC)(OC(c1ccccc1)(c1ccccc1)C(c1ccccc1)c1ccccc1)c1ccccc1. The van der Waals surface area contributed by atoms with Gasteiger partial charge in [-0.2, -0.15) is 0 Å². The molecule has 0 atom stereocenters. The van der Waals surface area contributed by atoms with Crippen molar-refractivity contribution in [1.82, 2.24) is 0 Å². The molecule has 202 valence electrons. The molecular formula is C36H36O3Si. The molecule has 0 aliphatic heterocycles. The van der Waals surface area contributed by atoms with Crippen molar-refractivity contribution in [1.29, 1.82) is 0 Å². The molecule has 4 heteroatoms. The van der Waals surface area contributed by atoms with Gasteiger partial charge in [-0.05, 0) is 36.1 Å². The largest absolute Gasteiger partial charge is 0.538 e. The molecule has 0 spiro atoms. The molecule has 0 saturated carbocycles. The first-order valence-corrected chi connectivity index (χ1v) is 15.7. The quantitative estimate of drug-likeness (QED) is 0.151. The fourth-order valence-corrected chi connectivity index (χ4v) is 8.35. The summed E-state index contributed by atoms with van der Waals surface area (Å²) in [5.74, 6) is -0.212. The van der Waals surface area contributed by atoms with Crippen molar-refractivity contribution in [2.45, 2.75) is 25.4 Å². The van der Waals surface area contributed by atoms with Crippen LogP contribution in [0.15, 0.2) is 152 Å². The third kappa shape index (κ3) is 5.58. The number of benzene rings is 5. The van der Waals surface area contributed by atoms with Crippen molar-refractivity contribution in [3.05, 3.63) is 174 Å². The molecule has 5 aromatic rings. The normalized spacial score (nSPS) is 12.0. The molecule has 0 bridgehead atoms. The average molecular weight is 545 g/mol. The van der Waals surface area contributed by atoms with Gasteiger partial charge in [0.1, 0.15) is 5.60 Å². The fourth-order valence-electron chi connectivity index (χ4n) is 5.56. The summed E-state index contributed by atoms with van der Waals surface area (Å²) in [6, 6.07) is 52.5. The molecule has 0 radical (unpaired) electrons. The zero-order valence-electron chi connectivity index (χ0n) is 23.2.